The van der Waals surface area contributed by atoms with Gasteiger partial charge in [-0.25, -0.2) is 9.59 Å². The highest BCUT2D eigenvalue weighted by Crippen LogP contribution is 2.31. The van der Waals surface area contributed by atoms with Gasteiger partial charge in [-0.05, 0) is 30.9 Å². The third-order valence-corrected chi connectivity index (χ3v) is 3.42. The van der Waals surface area contributed by atoms with Crippen molar-refractivity contribution < 1.29 is 24.0 Å². The third kappa shape index (κ3) is 4.03. The number of benzene rings is 1. The fourth-order valence-corrected chi connectivity index (χ4v) is 2.39. The predicted octanol–water partition coefficient (Wildman–Crippen LogP) is 2.40. The molecule has 0 saturated carbocycles. The van der Waals surface area contributed by atoms with Crippen molar-refractivity contribution >= 4 is 17.6 Å². The van der Waals surface area contributed by atoms with Crippen LogP contribution in [0.5, 0.6) is 0 Å². The van der Waals surface area contributed by atoms with Crippen molar-refractivity contribution in [3.05, 3.63) is 63.6 Å². The second-order valence-corrected chi connectivity index (χ2v) is 5.04. The van der Waals surface area contributed by atoms with Crippen molar-refractivity contribution in [2.75, 3.05) is 18.1 Å². The molecule has 0 saturated heterocycles. The summed E-state index contributed by atoms with van der Waals surface area (Å²) in [7, 11) is 0. The maximum atomic E-state index is 12.2. The summed E-state index contributed by atoms with van der Waals surface area (Å²) in [4.78, 5) is 36.5. The van der Waals surface area contributed by atoms with Gasteiger partial charge in [0.05, 0.1) is 18.8 Å². The summed E-state index contributed by atoms with van der Waals surface area (Å²) in [5, 5.41) is 11.6. The van der Waals surface area contributed by atoms with Crippen molar-refractivity contribution in [3.8, 4) is 0 Å². The molecule has 0 radical (unpaired) electrons. The van der Waals surface area contributed by atoms with Gasteiger partial charge in [0.1, 0.15) is 17.5 Å². The van der Waals surface area contributed by atoms with Crippen LogP contribution in [0, 0.1) is 10.1 Å². The minimum atomic E-state index is -0.829. The molecule has 1 aromatic rings. The monoisotopic (exact) mass is 346 g/mol. The predicted molar refractivity (Wildman–Crippen MR) is 88.9 cm³/mol. The Hall–Kier alpha value is -3.16. The first-order valence-corrected chi connectivity index (χ1v) is 7.76. The van der Waals surface area contributed by atoms with Crippen LogP contribution in [-0.2, 0) is 19.1 Å². The molecule has 1 aliphatic rings. The molecular weight excluding hydrogens is 328 g/mol. The highest BCUT2D eigenvalue weighted by atomic mass is 16.6. The molecular formula is C17H18N2O6. The molecule has 1 heterocycles. The van der Waals surface area contributed by atoms with Gasteiger partial charge in [0.25, 0.3) is 0 Å². The van der Waals surface area contributed by atoms with E-state index in [0.717, 1.165) is 0 Å². The number of esters is 2. The van der Waals surface area contributed by atoms with Crippen LogP contribution in [0.25, 0.3) is 0 Å². The molecule has 0 atom stereocenters. The van der Waals surface area contributed by atoms with Crippen LogP contribution in [0.15, 0.2) is 53.5 Å². The summed E-state index contributed by atoms with van der Waals surface area (Å²) in [6.45, 7) is 3.48. The van der Waals surface area contributed by atoms with Gasteiger partial charge >= 0.3 is 17.8 Å². The minimum Gasteiger partial charge on any atom is -0.463 e. The van der Waals surface area contributed by atoms with E-state index in [1.54, 1.807) is 44.2 Å². The Kier molecular flexibility index (Phi) is 5.89. The highest BCUT2D eigenvalue weighted by Gasteiger charge is 2.38. The molecule has 1 aliphatic heterocycles. The number of anilines is 1. The van der Waals surface area contributed by atoms with E-state index in [1.165, 1.54) is 11.1 Å². The highest BCUT2D eigenvalue weighted by molar-refractivity contribution is 5.97. The minimum absolute atomic E-state index is 0.0666. The zero-order chi connectivity index (χ0) is 18.4. The van der Waals surface area contributed by atoms with Gasteiger partial charge in [0.2, 0.25) is 0 Å². The molecule has 0 bridgehead atoms. The van der Waals surface area contributed by atoms with E-state index in [9.17, 15) is 19.7 Å². The van der Waals surface area contributed by atoms with Crippen LogP contribution >= 0.6 is 0 Å². The molecule has 8 heteroatoms. The molecule has 1 aromatic carbocycles. The maximum absolute atomic E-state index is 12.2. The molecule has 0 N–H and O–H groups in total. The van der Waals surface area contributed by atoms with Crippen LogP contribution < -0.4 is 4.90 Å². The molecule has 8 nitrogen and oxygen atoms in total. The van der Waals surface area contributed by atoms with Gasteiger partial charge in [-0.3, -0.25) is 0 Å². The van der Waals surface area contributed by atoms with Crippen LogP contribution in [0.3, 0.4) is 0 Å². The number of nitrogens with zero attached hydrogens (tertiary/aromatic N) is 2. The van der Waals surface area contributed by atoms with Crippen molar-refractivity contribution in [2.45, 2.75) is 20.3 Å². The lowest BCUT2D eigenvalue weighted by Crippen LogP contribution is -2.32. The lowest BCUT2D eigenvalue weighted by Gasteiger charge is -2.22. The Balaban J connectivity index is 2.57. The molecule has 0 unspecified atom stereocenters. The number of carbonyl (C=O) groups excluding carboxylic acids is 2. The molecule has 0 amide bonds. The van der Waals surface area contributed by atoms with Gasteiger partial charge in [-0.15, -0.1) is 0 Å². The average molecular weight is 346 g/mol. The van der Waals surface area contributed by atoms with Crippen LogP contribution in [-0.4, -0.2) is 30.1 Å². The smallest absolute Gasteiger partial charge is 0.342 e. The normalized spacial score (nSPS) is 14.0. The topological polar surface area (TPSA) is 99.0 Å². The van der Waals surface area contributed by atoms with E-state index in [1.807, 2.05) is 0 Å². The number of para-hydroxylation sites is 1. The number of hydrogen-bond donors (Lipinski definition) is 0. The van der Waals surface area contributed by atoms with Gasteiger partial charge in [0.15, 0.2) is 0 Å². The Bertz CT molecular complexity index is 739. The largest absolute Gasteiger partial charge is 0.463 e. The molecule has 132 valence electrons. The van der Waals surface area contributed by atoms with Gasteiger partial charge in [0, 0.05) is 6.42 Å². The van der Waals surface area contributed by atoms with E-state index >= 15 is 0 Å². The first kappa shape index (κ1) is 18.2. The standard InChI is InChI=1S/C17H18N2O6/c1-3-24-16(20)12-10-14(17(21)25-4-2)15(19(22)23)18(11-12)13-8-6-5-7-9-13/h5-9,11H,3-4,10H2,1-2H3. The lowest BCUT2D eigenvalue weighted by atomic mass is 10.0. The molecule has 2 rings (SSSR count). The summed E-state index contributed by atoms with van der Waals surface area (Å²) < 4.78 is 9.90. The fraction of sp³-hybridized carbons (Fsp3) is 0.294. The first-order valence-electron chi connectivity index (χ1n) is 7.76. The Morgan fingerprint density at radius 2 is 1.72 bits per heavy atom. The summed E-state index contributed by atoms with van der Waals surface area (Å²) in [5.74, 6) is -1.89. The van der Waals surface area contributed by atoms with Crippen LogP contribution in [0.2, 0.25) is 0 Å². The first-order chi connectivity index (χ1) is 12.0. The molecule has 0 fully saturated rings. The van der Waals surface area contributed by atoms with E-state index in [4.69, 9.17) is 9.47 Å². The Morgan fingerprint density at radius 1 is 1.12 bits per heavy atom. The summed E-state index contributed by atoms with van der Waals surface area (Å²) >= 11 is 0. The second-order valence-electron chi connectivity index (χ2n) is 5.04. The zero-order valence-corrected chi connectivity index (χ0v) is 13.9. The SMILES string of the molecule is CCOC(=O)C1=CN(c2ccccc2)C([N+](=O)[O-])=C(C(=O)OCC)C1. The van der Waals surface area contributed by atoms with Crippen LogP contribution in [0.4, 0.5) is 5.69 Å². The van der Waals surface area contributed by atoms with E-state index in [0.29, 0.717) is 5.69 Å². The number of carbonyl (C=O) groups is 2. The Morgan fingerprint density at radius 3 is 2.28 bits per heavy atom. The summed E-state index contributed by atoms with van der Waals surface area (Å²) in [6, 6.07) is 8.42. The summed E-state index contributed by atoms with van der Waals surface area (Å²) in [5.41, 5.74) is 0.387. The third-order valence-electron chi connectivity index (χ3n) is 3.42. The molecule has 25 heavy (non-hydrogen) atoms. The lowest BCUT2D eigenvalue weighted by molar-refractivity contribution is -0.427. The van der Waals surface area contributed by atoms with Crippen LogP contribution in [0.1, 0.15) is 20.3 Å². The van der Waals surface area contributed by atoms with E-state index < -0.39 is 22.7 Å². The fourth-order valence-electron chi connectivity index (χ4n) is 2.39. The number of ether oxygens (including phenoxy) is 2. The summed E-state index contributed by atoms with van der Waals surface area (Å²) in [6.07, 6.45) is 1.10. The van der Waals surface area contributed by atoms with Crippen molar-refractivity contribution in [1.29, 1.82) is 0 Å². The van der Waals surface area contributed by atoms with Crippen molar-refractivity contribution in [3.63, 3.8) is 0 Å². The molecule has 0 aromatic heterocycles. The second kappa shape index (κ2) is 8.09. The van der Waals surface area contributed by atoms with Gasteiger partial charge in [-0.1, -0.05) is 18.2 Å². The van der Waals surface area contributed by atoms with Crippen molar-refractivity contribution in [2.24, 2.45) is 0 Å². The zero-order valence-electron chi connectivity index (χ0n) is 13.9. The molecule has 0 spiro atoms. The number of hydrogen-bond acceptors (Lipinski definition) is 7. The Labute approximate surface area is 144 Å². The molecule has 0 aliphatic carbocycles. The van der Waals surface area contributed by atoms with E-state index in [-0.39, 0.29) is 30.8 Å². The van der Waals surface area contributed by atoms with E-state index in [2.05, 4.69) is 0 Å². The van der Waals surface area contributed by atoms with Crippen molar-refractivity contribution in [1.82, 2.24) is 0 Å². The van der Waals surface area contributed by atoms with Gasteiger partial charge < -0.3 is 19.6 Å². The number of rotatable bonds is 6. The van der Waals surface area contributed by atoms with Gasteiger partial charge in [-0.2, -0.15) is 4.90 Å². The maximum Gasteiger partial charge on any atom is 0.342 e. The quantitative estimate of drug-likeness (QED) is 0.443. The average Bonchev–Trinajstić information content (AvgIpc) is 2.61. The number of nitro groups is 1.